The molecular weight excluding hydrogens is 395 g/mol. The third kappa shape index (κ3) is 7.36. The molecule has 3 atom stereocenters. The van der Waals surface area contributed by atoms with E-state index in [2.05, 4.69) is 6.92 Å². The Hall–Kier alpha value is -2.00. The van der Waals surface area contributed by atoms with E-state index in [0.717, 1.165) is 23.8 Å². The number of H-pyrrole nitrogens is 1. The summed E-state index contributed by atoms with van der Waals surface area (Å²) in [5, 5.41) is 10.1. The molecule has 30 heavy (non-hydrogen) atoms. The van der Waals surface area contributed by atoms with Gasteiger partial charge in [-0.15, -0.1) is 0 Å². The Morgan fingerprint density at radius 1 is 1.17 bits per heavy atom. The van der Waals surface area contributed by atoms with Crippen LogP contribution in [0.15, 0.2) is 15.8 Å². The Morgan fingerprint density at radius 3 is 2.40 bits per heavy atom. The third-order valence-electron chi connectivity index (χ3n) is 5.31. The van der Waals surface area contributed by atoms with Gasteiger partial charge in [0.25, 0.3) is 5.56 Å². The lowest BCUT2D eigenvalue weighted by Crippen LogP contribution is -2.35. The molecule has 1 aromatic heterocycles. The maximum Gasteiger partial charge on any atom is 0.338 e. The lowest BCUT2D eigenvalue weighted by atomic mass is 10.1. The van der Waals surface area contributed by atoms with Gasteiger partial charge in [0, 0.05) is 6.42 Å². The molecule has 0 bridgehead atoms. The standard InChI is InChI=1S/C21H33FN2O6/c1-2-3-4-5-6-7-8-9-10-11-12-29-20(27)18-16(25)13-17(30-18)24-14-15(22)19(26)23-21(24)28/h14,16-18,25H,2-13H2,1H3,(H,23,26,28). The number of ether oxygens (including phenoxy) is 2. The van der Waals surface area contributed by atoms with Crippen LogP contribution in [0.25, 0.3) is 0 Å². The second-order valence-corrected chi connectivity index (χ2v) is 7.81. The maximum atomic E-state index is 13.4. The van der Waals surface area contributed by atoms with E-state index in [9.17, 15) is 23.9 Å². The summed E-state index contributed by atoms with van der Waals surface area (Å²) in [6, 6.07) is 0. The van der Waals surface area contributed by atoms with Crippen LogP contribution in [0.4, 0.5) is 4.39 Å². The molecule has 0 amide bonds. The minimum absolute atomic E-state index is 0.0938. The summed E-state index contributed by atoms with van der Waals surface area (Å²) in [5.74, 6) is -1.86. The largest absolute Gasteiger partial charge is 0.464 e. The molecule has 1 aliphatic rings. The number of carbonyl (C=O) groups excluding carboxylic acids is 1. The van der Waals surface area contributed by atoms with Gasteiger partial charge < -0.3 is 14.6 Å². The number of rotatable bonds is 13. The van der Waals surface area contributed by atoms with E-state index >= 15 is 0 Å². The molecule has 0 radical (unpaired) electrons. The van der Waals surface area contributed by atoms with Gasteiger partial charge in [-0.05, 0) is 6.42 Å². The molecule has 9 heteroatoms. The van der Waals surface area contributed by atoms with Crippen LogP contribution in [-0.2, 0) is 14.3 Å². The smallest absolute Gasteiger partial charge is 0.338 e. The number of aromatic amines is 1. The molecular formula is C21H33FN2O6. The summed E-state index contributed by atoms with van der Waals surface area (Å²) >= 11 is 0. The zero-order chi connectivity index (χ0) is 21.9. The summed E-state index contributed by atoms with van der Waals surface area (Å²) in [4.78, 5) is 36.9. The topological polar surface area (TPSA) is 111 Å². The predicted octanol–water partition coefficient (Wildman–Crippen LogP) is 2.79. The zero-order valence-electron chi connectivity index (χ0n) is 17.6. The normalized spacial score (nSPS) is 21.1. The van der Waals surface area contributed by atoms with Crippen molar-refractivity contribution < 1.29 is 23.8 Å². The van der Waals surface area contributed by atoms with Gasteiger partial charge in [0.15, 0.2) is 6.10 Å². The molecule has 3 unspecified atom stereocenters. The van der Waals surface area contributed by atoms with Crippen molar-refractivity contribution >= 4 is 5.97 Å². The monoisotopic (exact) mass is 428 g/mol. The summed E-state index contributed by atoms with van der Waals surface area (Å²) in [5.41, 5.74) is -2.01. The van der Waals surface area contributed by atoms with Crippen molar-refractivity contribution in [1.29, 1.82) is 0 Å². The number of carbonyl (C=O) groups is 1. The molecule has 0 spiro atoms. The third-order valence-corrected chi connectivity index (χ3v) is 5.31. The zero-order valence-corrected chi connectivity index (χ0v) is 17.6. The highest BCUT2D eigenvalue weighted by molar-refractivity contribution is 5.75. The van der Waals surface area contributed by atoms with Gasteiger partial charge in [0.1, 0.15) is 6.23 Å². The first kappa shape index (κ1) is 24.3. The molecule has 1 aromatic rings. The Labute approximate surface area is 175 Å². The summed E-state index contributed by atoms with van der Waals surface area (Å²) < 4.78 is 24.8. The minimum Gasteiger partial charge on any atom is -0.464 e. The van der Waals surface area contributed by atoms with Crippen molar-refractivity contribution in [3.8, 4) is 0 Å². The number of unbranched alkanes of at least 4 members (excludes halogenated alkanes) is 9. The van der Waals surface area contributed by atoms with Crippen LogP contribution < -0.4 is 11.2 Å². The fourth-order valence-corrected chi connectivity index (χ4v) is 3.56. The van der Waals surface area contributed by atoms with Crippen molar-refractivity contribution in [2.75, 3.05) is 6.61 Å². The fraction of sp³-hybridized carbons (Fsp3) is 0.762. The van der Waals surface area contributed by atoms with Crippen LogP contribution in [0.2, 0.25) is 0 Å². The first-order chi connectivity index (χ1) is 14.4. The lowest BCUT2D eigenvalue weighted by Gasteiger charge is -2.15. The van der Waals surface area contributed by atoms with E-state index in [1.807, 2.05) is 4.98 Å². The van der Waals surface area contributed by atoms with Crippen molar-refractivity contribution in [2.24, 2.45) is 0 Å². The molecule has 170 valence electrons. The number of aliphatic hydroxyl groups is 1. The number of hydrogen-bond donors (Lipinski definition) is 2. The second kappa shape index (κ2) is 12.6. The predicted molar refractivity (Wildman–Crippen MR) is 109 cm³/mol. The average molecular weight is 429 g/mol. The number of hydrogen-bond acceptors (Lipinski definition) is 6. The van der Waals surface area contributed by atoms with E-state index in [0.29, 0.717) is 6.20 Å². The first-order valence-corrected chi connectivity index (χ1v) is 10.9. The molecule has 2 rings (SSSR count). The quantitative estimate of drug-likeness (QED) is 0.369. The average Bonchev–Trinajstić information content (AvgIpc) is 3.10. The van der Waals surface area contributed by atoms with Gasteiger partial charge in [-0.1, -0.05) is 64.7 Å². The SMILES string of the molecule is CCCCCCCCCCCCOC(=O)C1OC(n2cc(F)c(=O)[nH]c2=O)CC1O. The van der Waals surface area contributed by atoms with Crippen molar-refractivity contribution in [3.05, 3.63) is 32.9 Å². The van der Waals surface area contributed by atoms with E-state index in [1.54, 1.807) is 0 Å². The number of aliphatic hydroxyl groups excluding tert-OH is 1. The highest BCUT2D eigenvalue weighted by Crippen LogP contribution is 2.28. The maximum absolute atomic E-state index is 13.4. The summed E-state index contributed by atoms with van der Waals surface area (Å²) in [6.07, 6.45) is 8.77. The van der Waals surface area contributed by atoms with E-state index < -0.39 is 41.5 Å². The van der Waals surface area contributed by atoms with Crippen LogP contribution >= 0.6 is 0 Å². The van der Waals surface area contributed by atoms with Gasteiger partial charge in [-0.25, -0.2) is 9.59 Å². The molecule has 0 aliphatic carbocycles. The molecule has 2 N–H and O–H groups in total. The summed E-state index contributed by atoms with van der Waals surface area (Å²) in [7, 11) is 0. The van der Waals surface area contributed by atoms with E-state index in [4.69, 9.17) is 9.47 Å². The Balaban J connectivity index is 1.65. The summed E-state index contributed by atoms with van der Waals surface area (Å²) in [6.45, 7) is 2.44. The van der Waals surface area contributed by atoms with Crippen LogP contribution in [0, 0.1) is 5.82 Å². The molecule has 8 nitrogen and oxygen atoms in total. The number of halogens is 1. The number of nitrogens with one attached hydrogen (secondary N) is 1. The van der Waals surface area contributed by atoms with Gasteiger partial charge in [0.05, 0.1) is 18.9 Å². The van der Waals surface area contributed by atoms with Gasteiger partial charge in [-0.2, -0.15) is 4.39 Å². The first-order valence-electron chi connectivity index (χ1n) is 10.9. The highest BCUT2D eigenvalue weighted by Gasteiger charge is 2.41. The molecule has 0 aromatic carbocycles. The van der Waals surface area contributed by atoms with Crippen LogP contribution in [0.1, 0.15) is 83.8 Å². The highest BCUT2D eigenvalue weighted by atomic mass is 19.1. The second-order valence-electron chi connectivity index (χ2n) is 7.81. The lowest BCUT2D eigenvalue weighted by molar-refractivity contribution is -0.162. The minimum atomic E-state index is -1.25. The number of esters is 1. The van der Waals surface area contributed by atoms with Crippen LogP contribution in [-0.4, -0.2) is 39.4 Å². The van der Waals surface area contributed by atoms with Crippen molar-refractivity contribution in [3.63, 3.8) is 0 Å². The van der Waals surface area contributed by atoms with Crippen molar-refractivity contribution in [2.45, 2.75) is 96.0 Å². The van der Waals surface area contributed by atoms with E-state index in [-0.39, 0.29) is 13.0 Å². The fourth-order valence-electron chi connectivity index (χ4n) is 3.56. The Bertz CT molecular complexity index is 777. The number of aromatic nitrogens is 2. The van der Waals surface area contributed by atoms with Gasteiger partial charge in [-0.3, -0.25) is 14.3 Å². The van der Waals surface area contributed by atoms with Gasteiger partial charge in [0.2, 0.25) is 5.82 Å². The molecule has 1 saturated heterocycles. The molecule has 0 saturated carbocycles. The molecule has 1 fully saturated rings. The van der Waals surface area contributed by atoms with Gasteiger partial charge >= 0.3 is 11.7 Å². The van der Waals surface area contributed by atoms with Crippen LogP contribution in [0.5, 0.6) is 0 Å². The van der Waals surface area contributed by atoms with Crippen LogP contribution in [0.3, 0.4) is 0 Å². The Morgan fingerprint density at radius 2 is 1.77 bits per heavy atom. The molecule has 2 heterocycles. The number of nitrogens with zero attached hydrogens (tertiary/aromatic N) is 1. The molecule has 1 aliphatic heterocycles. The van der Waals surface area contributed by atoms with E-state index in [1.165, 1.54) is 44.9 Å². The van der Waals surface area contributed by atoms with Crippen molar-refractivity contribution in [1.82, 2.24) is 9.55 Å². The Kier molecular flexibility index (Phi) is 10.2.